The Hall–Kier alpha value is -3.01. The van der Waals surface area contributed by atoms with Crippen molar-refractivity contribution in [2.24, 2.45) is 16.2 Å². The number of sulfonamides is 2. The molecule has 1 aromatic heterocycles. The Morgan fingerprint density at radius 3 is 2.59 bits per heavy atom. The fourth-order valence-corrected chi connectivity index (χ4v) is 8.86. The number of fused-ring (bicyclic) bond motifs is 2. The smallest absolute Gasteiger partial charge is 0.287 e. The third-order valence-corrected chi connectivity index (χ3v) is 10.9. The van der Waals surface area contributed by atoms with Crippen molar-refractivity contribution in [3.8, 4) is 11.5 Å². The summed E-state index contributed by atoms with van der Waals surface area (Å²) in [6.45, 7) is -0.0680. The molecule has 2 fully saturated rings. The van der Waals surface area contributed by atoms with Gasteiger partial charge in [-0.15, -0.1) is 15.7 Å². The molecular formula is C26H32N4O8S3. The highest BCUT2D eigenvalue weighted by Gasteiger charge is 2.51. The number of amidine groups is 1. The van der Waals surface area contributed by atoms with Gasteiger partial charge in [-0.1, -0.05) is 19.3 Å². The van der Waals surface area contributed by atoms with E-state index in [1.54, 1.807) is 24.1 Å². The molecule has 0 bridgehead atoms. The van der Waals surface area contributed by atoms with Crippen LogP contribution in [-0.4, -0.2) is 65.8 Å². The summed E-state index contributed by atoms with van der Waals surface area (Å²) in [4.78, 5) is 29.5. The largest absolute Gasteiger partial charge is 0.497 e. The maximum Gasteiger partial charge on any atom is 0.287 e. The predicted molar refractivity (Wildman–Crippen MR) is 153 cm³/mol. The standard InChI is InChI=1S/C26H32N4O8S3/c1-37-17-10-9-15(20(11-17)38-2)13-30-19-8-6-4-5-7-18(19)22(31)21(26(30)32)24-28-25-23(41(35,36)29-24)16(14-39-25)12-27-40(3,33)34/h9-11,14,18-19,21,27H,4-8,12-13H2,1-3H3,(H,28,29)/t18-,19+,21?/m1/s1. The Bertz CT molecular complexity index is 1620. The molecule has 2 aromatic rings. The average Bonchev–Trinajstić information content (AvgIpc) is 3.18. The summed E-state index contributed by atoms with van der Waals surface area (Å²) < 4.78 is 66.9. The molecule has 1 saturated carbocycles. The number of piperidine rings is 1. The molecule has 12 nitrogen and oxygen atoms in total. The van der Waals surface area contributed by atoms with E-state index in [0.29, 0.717) is 24.3 Å². The number of methoxy groups -OCH3 is 2. The third kappa shape index (κ3) is 5.85. The van der Waals surface area contributed by atoms with Gasteiger partial charge in [0.05, 0.1) is 20.5 Å². The van der Waals surface area contributed by atoms with Crippen LogP contribution in [0.1, 0.15) is 43.2 Å². The molecule has 15 heteroatoms. The second-order valence-electron chi connectivity index (χ2n) is 10.4. The minimum Gasteiger partial charge on any atom is -0.497 e. The van der Waals surface area contributed by atoms with Gasteiger partial charge in [0.2, 0.25) is 15.9 Å². The van der Waals surface area contributed by atoms with Crippen LogP contribution in [0.2, 0.25) is 0 Å². The van der Waals surface area contributed by atoms with Gasteiger partial charge in [0.25, 0.3) is 10.0 Å². The molecule has 3 heterocycles. The highest BCUT2D eigenvalue weighted by Crippen LogP contribution is 2.41. The van der Waals surface area contributed by atoms with Gasteiger partial charge in [-0.25, -0.2) is 13.1 Å². The molecule has 3 atom stereocenters. The molecule has 41 heavy (non-hydrogen) atoms. The number of ether oxygens (including phenoxy) is 2. The number of amides is 1. The van der Waals surface area contributed by atoms with Crippen LogP contribution < -0.4 is 19.5 Å². The number of nitrogens with one attached hydrogen (secondary N) is 2. The zero-order valence-corrected chi connectivity index (χ0v) is 25.3. The quantitative estimate of drug-likeness (QED) is 0.421. The number of rotatable bonds is 8. The molecule has 5 rings (SSSR count). The first-order valence-electron chi connectivity index (χ1n) is 13.2. The van der Waals surface area contributed by atoms with Crippen LogP contribution in [0.5, 0.6) is 11.5 Å². The van der Waals surface area contributed by atoms with Crippen LogP contribution in [0, 0.1) is 11.8 Å². The number of ketones is 1. The lowest BCUT2D eigenvalue weighted by molar-refractivity contribution is -0.151. The number of nitrogens with zero attached hydrogens (tertiary/aromatic N) is 2. The van der Waals surface area contributed by atoms with E-state index in [1.165, 1.54) is 12.5 Å². The first kappa shape index (κ1) is 29.5. The lowest BCUT2D eigenvalue weighted by atomic mass is 9.77. The van der Waals surface area contributed by atoms with Crippen molar-refractivity contribution in [3.63, 3.8) is 0 Å². The number of likely N-dealkylation sites (tertiary alicyclic amines) is 1. The SMILES string of the molecule is COc1ccc(CN2C(=O)C(C3=NS(=O)(=O)c4c(CNS(C)(=O)=O)csc4N3)C(=O)[C@@H]3CCCCC[C@@H]32)c(OC)c1. The summed E-state index contributed by atoms with van der Waals surface area (Å²) in [7, 11) is -4.82. The second-order valence-corrected chi connectivity index (χ2v) is 14.6. The zero-order valence-electron chi connectivity index (χ0n) is 22.9. The monoisotopic (exact) mass is 624 g/mol. The number of benzene rings is 1. The Balaban J connectivity index is 1.51. The number of carbonyl (C=O) groups is 2. The number of anilines is 1. The summed E-state index contributed by atoms with van der Waals surface area (Å²) in [5.74, 6) is -1.83. The molecule has 0 spiro atoms. The topological polar surface area (TPSA) is 161 Å². The van der Waals surface area contributed by atoms with E-state index in [9.17, 15) is 26.4 Å². The van der Waals surface area contributed by atoms with Crippen molar-refractivity contribution < 1.29 is 35.9 Å². The first-order valence-corrected chi connectivity index (χ1v) is 17.4. The van der Waals surface area contributed by atoms with Gasteiger partial charge in [-0.05, 0) is 30.4 Å². The van der Waals surface area contributed by atoms with Gasteiger partial charge >= 0.3 is 0 Å². The van der Waals surface area contributed by atoms with Crippen LogP contribution in [0.4, 0.5) is 5.00 Å². The summed E-state index contributed by atoms with van der Waals surface area (Å²) in [6.07, 6.45) is 4.88. The van der Waals surface area contributed by atoms with E-state index in [0.717, 1.165) is 42.4 Å². The second kappa shape index (κ2) is 11.3. The van der Waals surface area contributed by atoms with Gasteiger partial charge in [-0.3, -0.25) is 9.59 Å². The number of thiophene rings is 1. The minimum absolute atomic E-state index is 0.162. The molecule has 2 N–H and O–H groups in total. The lowest BCUT2D eigenvalue weighted by Gasteiger charge is -2.43. The Morgan fingerprint density at radius 2 is 1.88 bits per heavy atom. The van der Waals surface area contributed by atoms with Crippen molar-refractivity contribution in [3.05, 3.63) is 34.7 Å². The summed E-state index contributed by atoms with van der Waals surface area (Å²) in [6, 6.07) is 4.98. The highest BCUT2D eigenvalue weighted by molar-refractivity contribution is 7.91. The number of hydrogen-bond donors (Lipinski definition) is 2. The van der Waals surface area contributed by atoms with Crippen molar-refractivity contribution in [1.82, 2.24) is 9.62 Å². The Kier molecular flexibility index (Phi) is 8.16. The highest BCUT2D eigenvalue weighted by atomic mass is 32.2. The molecule has 222 valence electrons. The number of Topliss-reactive ketones (excluding diaryl/α,β-unsaturated/α-hetero) is 1. The summed E-state index contributed by atoms with van der Waals surface area (Å²) >= 11 is 1.04. The van der Waals surface area contributed by atoms with Crippen LogP contribution in [-0.2, 0) is 42.7 Å². The van der Waals surface area contributed by atoms with Crippen molar-refractivity contribution >= 4 is 53.9 Å². The molecule has 1 unspecified atom stereocenters. The van der Waals surface area contributed by atoms with Crippen molar-refractivity contribution in [1.29, 1.82) is 0 Å². The van der Waals surface area contributed by atoms with Crippen LogP contribution in [0.3, 0.4) is 0 Å². The normalized spacial score (nSPS) is 24.0. The average molecular weight is 625 g/mol. The third-order valence-electron chi connectivity index (χ3n) is 7.73. The molecule has 0 radical (unpaired) electrons. The fraction of sp³-hybridized carbons (Fsp3) is 0.500. The molecule has 3 aliphatic rings. The van der Waals surface area contributed by atoms with Gasteiger partial charge in [0, 0.05) is 42.2 Å². The van der Waals surface area contributed by atoms with E-state index >= 15 is 0 Å². The molecule has 1 aliphatic carbocycles. The summed E-state index contributed by atoms with van der Waals surface area (Å²) in [5.41, 5.74) is 0.955. The van der Waals surface area contributed by atoms with Crippen LogP contribution >= 0.6 is 11.3 Å². The number of hydrogen-bond acceptors (Lipinski definition) is 10. The predicted octanol–water partition coefficient (Wildman–Crippen LogP) is 2.50. The van der Waals surface area contributed by atoms with E-state index in [4.69, 9.17) is 9.47 Å². The minimum atomic E-state index is -4.33. The van der Waals surface area contributed by atoms with Crippen LogP contribution in [0.25, 0.3) is 0 Å². The van der Waals surface area contributed by atoms with Gasteiger partial charge in [-0.2, -0.15) is 8.42 Å². The molecule has 2 aliphatic heterocycles. The van der Waals surface area contributed by atoms with Crippen molar-refractivity contribution in [2.75, 3.05) is 25.8 Å². The van der Waals surface area contributed by atoms with Crippen molar-refractivity contribution in [2.45, 2.75) is 56.1 Å². The maximum absolute atomic E-state index is 14.1. The fourth-order valence-electron chi connectivity index (χ4n) is 5.79. The zero-order chi connectivity index (χ0) is 29.5. The van der Waals surface area contributed by atoms with Crippen LogP contribution in [0.15, 0.2) is 32.9 Å². The summed E-state index contributed by atoms with van der Waals surface area (Å²) in [5, 5.41) is 4.64. The van der Waals surface area contributed by atoms with E-state index in [1.807, 2.05) is 6.07 Å². The maximum atomic E-state index is 14.1. The molecular weight excluding hydrogens is 593 g/mol. The number of carbonyl (C=O) groups excluding carboxylic acids is 2. The van der Waals surface area contributed by atoms with Gasteiger partial charge in [0.15, 0.2) is 11.7 Å². The van der Waals surface area contributed by atoms with E-state index < -0.39 is 37.8 Å². The van der Waals surface area contributed by atoms with E-state index in [-0.39, 0.29) is 46.2 Å². The molecule has 1 aromatic carbocycles. The van der Waals surface area contributed by atoms with Gasteiger partial charge in [0.1, 0.15) is 27.2 Å². The molecule has 1 saturated heterocycles. The van der Waals surface area contributed by atoms with E-state index in [2.05, 4.69) is 14.4 Å². The Labute approximate surface area is 243 Å². The molecule has 1 amide bonds. The van der Waals surface area contributed by atoms with Gasteiger partial charge < -0.3 is 19.7 Å². The lowest BCUT2D eigenvalue weighted by Crippen LogP contribution is -2.59. The Morgan fingerprint density at radius 1 is 1.12 bits per heavy atom. The first-order chi connectivity index (χ1) is 19.4.